The minimum absolute atomic E-state index is 0.0704. The van der Waals surface area contributed by atoms with Gasteiger partial charge < -0.3 is 0 Å². The highest BCUT2D eigenvalue weighted by molar-refractivity contribution is 5.43. The molecule has 0 aromatic heterocycles. The normalized spacial score (nSPS) is 26.1. The predicted octanol–water partition coefficient (Wildman–Crippen LogP) is 3.57. The zero-order valence-electron chi connectivity index (χ0n) is 10.4. The van der Waals surface area contributed by atoms with E-state index in [1.165, 1.54) is 6.07 Å². The third kappa shape index (κ3) is 2.08. The van der Waals surface area contributed by atoms with Gasteiger partial charge in [-0.2, -0.15) is 5.26 Å². The Labute approximate surface area is 106 Å². The first kappa shape index (κ1) is 12.6. The first-order valence-corrected chi connectivity index (χ1v) is 6.27. The fourth-order valence-electron chi connectivity index (χ4n) is 2.85. The molecular weight excluding hydrogens is 228 g/mol. The highest BCUT2D eigenvalue weighted by atomic mass is 16.6. The highest BCUT2D eigenvalue weighted by Crippen LogP contribution is 2.49. The van der Waals surface area contributed by atoms with Crippen molar-refractivity contribution in [1.82, 2.24) is 0 Å². The number of non-ortho nitro benzene ring substituents is 1. The summed E-state index contributed by atoms with van der Waals surface area (Å²) in [4.78, 5) is 10.4. The van der Waals surface area contributed by atoms with E-state index in [-0.39, 0.29) is 5.69 Å². The molecule has 1 aliphatic carbocycles. The number of hydrogen-bond donors (Lipinski definition) is 0. The van der Waals surface area contributed by atoms with Crippen molar-refractivity contribution in [3.8, 4) is 6.07 Å². The number of rotatable bonds is 4. The minimum Gasteiger partial charge on any atom is -0.258 e. The molecule has 0 N–H and O–H groups in total. The average molecular weight is 244 g/mol. The molecule has 4 nitrogen and oxygen atoms in total. The van der Waals surface area contributed by atoms with Gasteiger partial charge in [-0.1, -0.05) is 31.9 Å². The summed E-state index contributed by atoms with van der Waals surface area (Å²) >= 11 is 0. The molecule has 94 valence electrons. The molecule has 1 aromatic rings. The Morgan fingerprint density at radius 1 is 1.56 bits per heavy atom. The van der Waals surface area contributed by atoms with E-state index in [9.17, 15) is 15.4 Å². The third-order valence-electron chi connectivity index (χ3n) is 3.79. The van der Waals surface area contributed by atoms with Crippen molar-refractivity contribution in [2.24, 2.45) is 5.92 Å². The lowest BCUT2D eigenvalue weighted by Gasteiger charge is -2.43. The second kappa shape index (κ2) is 4.77. The molecule has 18 heavy (non-hydrogen) atoms. The zero-order chi connectivity index (χ0) is 13.2. The van der Waals surface area contributed by atoms with E-state index < -0.39 is 10.3 Å². The molecule has 0 atom stereocenters. The molecule has 0 amide bonds. The van der Waals surface area contributed by atoms with Crippen LogP contribution in [0, 0.1) is 27.4 Å². The number of nitro benzene ring substituents is 1. The molecule has 4 heteroatoms. The molecule has 1 fully saturated rings. The standard InChI is InChI=1S/C14H16N2O2/c1-2-4-11-8-14(9-11,10-15)12-5-3-6-13(7-12)16(17)18/h3,5-7,11H,2,4,8-9H2,1H3. The maximum atomic E-state index is 10.8. The fraction of sp³-hybridized carbons (Fsp3) is 0.500. The topological polar surface area (TPSA) is 66.9 Å². The monoisotopic (exact) mass is 244 g/mol. The van der Waals surface area contributed by atoms with E-state index in [2.05, 4.69) is 13.0 Å². The van der Waals surface area contributed by atoms with Gasteiger partial charge in [0.25, 0.3) is 5.69 Å². The number of hydrogen-bond acceptors (Lipinski definition) is 3. The van der Waals surface area contributed by atoms with E-state index in [0.29, 0.717) is 5.92 Å². The van der Waals surface area contributed by atoms with E-state index >= 15 is 0 Å². The lowest BCUT2D eigenvalue weighted by atomic mass is 9.58. The molecule has 0 aliphatic heterocycles. The summed E-state index contributed by atoms with van der Waals surface area (Å²) < 4.78 is 0. The Balaban J connectivity index is 2.23. The Kier molecular flexibility index (Phi) is 3.33. The van der Waals surface area contributed by atoms with Gasteiger partial charge in [-0.15, -0.1) is 0 Å². The Hall–Kier alpha value is -1.89. The Morgan fingerprint density at radius 2 is 2.28 bits per heavy atom. The van der Waals surface area contributed by atoms with Gasteiger partial charge in [0, 0.05) is 12.1 Å². The summed E-state index contributed by atoms with van der Waals surface area (Å²) in [7, 11) is 0. The van der Waals surface area contributed by atoms with E-state index in [1.807, 2.05) is 6.07 Å². The summed E-state index contributed by atoms with van der Waals surface area (Å²) in [6.45, 7) is 2.14. The van der Waals surface area contributed by atoms with Gasteiger partial charge >= 0.3 is 0 Å². The number of nitrogens with zero attached hydrogens (tertiary/aromatic N) is 2. The van der Waals surface area contributed by atoms with Gasteiger partial charge in [0.05, 0.1) is 16.4 Å². The second-order valence-corrected chi connectivity index (χ2v) is 5.06. The molecule has 0 bridgehead atoms. The Bertz CT molecular complexity index is 499. The fourth-order valence-corrected chi connectivity index (χ4v) is 2.85. The largest absolute Gasteiger partial charge is 0.269 e. The second-order valence-electron chi connectivity index (χ2n) is 5.06. The summed E-state index contributed by atoms with van der Waals surface area (Å²) in [6.07, 6.45) is 3.93. The highest BCUT2D eigenvalue weighted by Gasteiger charge is 2.45. The first-order valence-electron chi connectivity index (χ1n) is 6.27. The van der Waals surface area contributed by atoms with Gasteiger partial charge in [0.15, 0.2) is 0 Å². The zero-order valence-corrected chi connectivity index (χ0v) is 10.4. The van der Waals surface area contributed by atoms with Crippen LogP contribution in [0.2, 0.25) is 0 Å². The molecule has 0 heterocycles. The smallest absolute Gasteiger partial charge is 0.258 e. The maximum absolute atomic E-state index is 10.8. The molecule has 1 aromatic carbocycles. The van der Waals surface area contributed by atoms with Gasteiger partial charge in [-0.3, -0.25) is 10.1 Å². The van der Waals surface area contributed by atoms with Crippen molar-refractivity contribution >= 4 is 5.69 Å². The molecule has 0 unspecified atom stereocenters. The summed E-state index contributed by atoms with van der Waals surface area (Å²) in [5.74, 6) is 0.592. The van der Waals surface area contributed by atoms with Crippen LogP contribution in [0.5, 0.6) is 0 Å². The van der Waals surface area contributed by atoms with Crippen LogP contribution in [-0.4, -0.2) is 4.92 Å². The summed E-state index contributed by atoms with van der Waals surface area (Å²) in [5.41, 5.74) is 0.374. The molecule has 0 saturated heterocycles. The summed E-state index contributed by atoms with van der Waals surface area (Å²) in [5, 5.41) is 20.1. The number of benzene rings is 1. The van der Waals surface area contributed by atoms with Crippen LogP contribution in [0.1, 0.15) is 38.2 Å². The van der Waals surface area contributed by atoms with Crippen LogP contribution in [0.4, 0.5) is 5.69 Å². The SMILES string of the molecule is CCCC1CC(C#N)(c2cccc([N+](=O)[O-])c2)C1. The molecule has 1 saturated carbocycles. The van der Waals surface area contributed by atoms with Crippen LogP contribution in [0.15, 0.2) is 24.3 Å². The molecule has 0 spiro atoms. The third-order valence-corrected chi connectivity index (χ3v) is 3.79. The van der Waals surface area contributed by atoms with Crippen molar-refractivity contribution in [3.05, 3.63) is 39.9 Å². The first-order chi connectivity index (χ1) is 8.61. The van der Waals surface area contributed by atoms with Crippen LogP contribution >= 0.6 is 0 Å². The van der Waals surface area contributed by atoms with Crippen LogP contribution < -0.4 is 0 Å². The van der Waals surface area contributed by atoms with Crippen molar-refractivity contribution in [2.75, 3.05) is 0 Å². The van der Waals surface area contributed by atoms with Crippen molar-refractivity contribution in [1.29, 1.82) is 5.26 Å². The van der Waals surface area contributed by atoms with Crippen molar-refractivity contribution in [3.63, 3.8) is 0 Å². The Morgan fingerprint density at radius 3 is 2.83 bits per heavy atom. The average Bonchev–Trinajstić information content (AvgIpc) is 2.33. The van der Waals surface area contributed by atoms with Crippen molar-refractivity contribution in [2.45, 2.75) is 38.0 Å². The molecular formula is C14H16N2O2. The van der Waals surface area contributed by atoms with E-state index in [4.69, 9.17) is 0 Å². The number of nitro groups is 1. The van der Waals surface area contributed by atoms with Crippen molar-refractivity contribution < 1.29 is 4.92 Å². The van der Waals surface area contributed by atoms with E-state index in [1.54, 1.807) is 12.1 Å². The van der Waals surface area contributed by atoms with Crippen LogP contribution in [-0.2, 0) is 5.41 Å². The lowest BCUT2D eigenvalue weighted by molar-refractivity contribution is -0.385. The molecule has 2 rings (SSSR count). The molecule has 0 radical (unpaired) electrons. The van der Waals surface area contributed by atoms with Crippen LogP contribution in [0.25, 0.3) is 0 Å². The predicted molar refractivity (Wildman–Crippen MR) is 68.0 cm³/mol. The maximum Gasteiger partial charge on any atom is 0.269 e. The van der Waals surface area contributed by atoms with Crippen LogP contribution in [0.3, 0.4) is 0 Å². The summed E-state index contributed by atoms with van der Waals surface area (Å²) in [6, 6.07) is 8.88. The van der Waals surface area contributed by atoms with E-state index in [0.717, 1.165) is 31.2 Å². The van der Waals surface area contributed by atoms with Gasteiger partial charge in [-0.25, -0.2) is 0 Å². The van der Waals surface area contributed by atoms with Gasteiger partial charge in [-0.05, 0) is 24.3 Å². The van der Waals surface area contributed by atoms with Gasteiger partial charge in [0.1, 0.15) is 0 Å². The quantitative estimate of drug-likeness (QED) is 0.600. The molecule has 1 aliphatic rings. The lowest BCUT2D eigenvalue weighted by Crippen LogP contribution is -2.39. The van der Waals surface area contributed by atoms with Gasteiger partial charge in [0.2, 0.25) is 0 Å². The number of nitriles is 1. The minimum atomic E-state index is -0.494.